The predicted octanol–water partition coefficient (Wildman–Crippen LogP) is 4.67. The van der Waals surface area contributed by atoms with Gasteiger partial charge in [-0.25, -0.2) is 4.39 Å². The first kappa shape index (κ1) is 19.9. The number of halogens is 2. The molecule has 3 rings (SSSR count). The molecule has 0 fully saturated rings. The van der Waals surface area contributed by atoms with Crippen molar-refractivity contribution < 1.29 is 13.9 Å². The summed E-state index contributed by atoms with van der Waals surface area (Å²) < 4.78 is 21.3. The number of rotatable bonds is 6. The molecule has 0 saturated heterocycles. The summed E-state index contributed by atoms with van der Waals surface area (Å²) in [5.41, 5.74) is 3.24. The average Bonchev–Trinajstić information content (AvgIpc) is 2.91. The number of aryl methyl sites for hydroxylation is 2. The highest BCUT2D eigenvalue weighted by atomic mass is 35.5. The molecule has 3 aromatic rings. The van der Waals surface area contributed by atoms with Crippen LogP contribution in [0.4, 0.5) is 10.1 Å². The van der Waals surface area contributed by atoms with Crippen LogP contribution in [0.1, 0.15) is 22.5 Å². The van der Waals surface area contributed by atoms with Gasteiger partial charge in [0.1, 0.15) is 11.6 Å². The van der Waals surface area contributed by atoms with Crippen molar-refractivity contribution in [2.24, 2.45) is 0 Å². The molecule has 0 bridgehead atoms. The molecule has 0 aliphatic heterocycles. The van der Waals surface area contributed by atoms with E-state index in [4.69, 9.17) is 16.3 Å². The second-order valence-electron chi connectivity index (χ2n) is 6.51. The van der Waals surface area contributed by atoms with E-state index in [-0.39, 0.29) is 19.1 Å². The quantitative estimate of drug-likeness (QED) is 0.653. The molecule has 0 atom stereocenters. The molecule has 1 heterocycles. The zero-order valence-electron chi connectivity index (χ0n) is 15.9. The first-order chi connectivity index (χ1) is 13.4. The van der Waals surface area contributed by atoms with Crippen LogP contribution in [0.3, 0.4) is 0 Å². The van der Waals surface area contributed by atoms with Gasteiger partial charge in [0.25, 0.3) is 5.91 Å². The van der Waals surface area contributed by atoms with Crippen molar-refractivity contribution >= 4 is 23.2 Å². The van der Waals surface area contributed by atoms with Crippen LogP contribution in [0, 0.1) is 26.6 Å². The Hall–Kier alpha value is -2.86. The van der Waals surface area contributed by atoms with Crippen molar-refractivity contribution in [3.63, 3.8) is 0 Å². The van der Waals surface area contributed by atoms with Crippen LogP contribution in [-0.4, -0.2) is 22.3 Å². The van der Waals surface area contributed by atoms with E-state index >= 15 is 0 Å². The van der Waals surface area contributed by atoms with Crippen molar-refractivity contribution in [3.05, 3.63) is 75.8 Å². The molecule has 146 valence electrons. The number of benzene rings is 2. The van der Waals surface area contributed by atoms with E-state index in [1.165, 1.54) is 6.07 Å². The summed E-state index contributed by atoms with van der Waals surface area (Å²) in [6.07, 6.45) is 0. The summed E-state index contributed by atoms with van der Waals surface area (Å²) >= 11 is 6.11. The van der Waals surface area contributed by atoms with Crippen LogP contribution in [-0.2, 0) is 11.3 Å². The average molecular weight is 402 g/mol. The van der Waals surface area contributed by atoms with Gasteiger partial charge < -0.3 is 10.1 Å². The minimum Gasteiger partial charge on any atom is -0.483 e. The standard InChI is InChI=1S/C21H21ClFN3O2/c1-13-7-4-5-10-19(13)28-12-20(27)24-21-14(2)25-26(15(21)3)11-16-17(22)8-6-9-18(16)23/h4-10H,11-12H2,1-3H3,(H,24,27). The van der Waals surface area contributed by atoms with E-state index in [1.54, 1.807) is 23.7 Å². The Morgan fingerprint density at radius 2 is 1.93 bits per heavy atom. The minimum absolute atomic E-state index is 0.117. The smallest absolute Gasteiger partial charge is 0.262 e. The monoisotopic (exact) mass is 401 g/mol. The van der Waals surface area contributed by atoms with Gasteiger partial charge in [0.05, 0.1) is 23.6 Å². The molecular weight excluding hydrogens is 381 g/mol. The largest absolute Gasteiger partial charge is 0.483 e. The van der Waals surface area contributed by atoms with Crippen LogP contribution >= 0.6 is 11.6 Å². The van der Waals surface area contributed by atoms with Crippen LogP contribution in [0.2, 0.25) is 5.02 Å². The number of aromatic nitrogens is 2. The highest BCUT2D eigenvalue weighted by molar-refractivity contribution is 6.31. The van der Waals surface area contributed by atoms with Gasteiger partial charge in [-0.15, -0.1) is 0 Å². The fraction of sp³-hybridized carbons (Fsp3) is 0.238. The molecule has 0 aliphatic rings. The van der Waals surface area contributed by atoms with Gasteiger partial charge in [-0.3, -0.25) is 9.48 Å². The maximum absolute atomic E-state index is 14.1. The van der Waals surface area contributed by atoms with E-state index in [0.29, 0.717) is 33.4 Å². The summed E-state index contributed by atoms with van der Waals surface area (Å²) in [6.45, 7) is 5.57. The van der Waals surface area contributed by atoms with E-state index in [0.717, 1.165) is 5.56 Å². The van der Waals surface area contributed by atoms with E-state index in [2.05, 4.69) is 10.4 Å². The number of hydrogen-bond acceptors (Lipinski definition) is 3. The van der Waals surface area contributed by atoms with Gasteiger partial charge in [0.15, 0.2) is 6.61 Å². The Bertz CT molecular complexity index is 997. The number of ether oxygens (including phenoxy) is 1. The fourth-order valence-electron chi connectivity index (χ4n) is 2.90. The zero-order valence-corrected chi connectivity index (χ0v) is 16.7. The molecule has 0 radical (unpaired) electrons. The third-order valence-electron chi connectivity index (χ3n) is 4.47. The van der Waals surface area contributed by atoms with Crippen molar-refractivity contribution in [1.82, 2.24) is 9.78 Å². The Labute approximate surface area is 168 Å². The van der Waals surface area contributed by atoms with Crippen LogP contribution < -0.4 is 10.1 Å². The Kier molecular flexibility index (Phi) is 5.99. The Morgan fingerprint density at radius 1 is 1.18 bits per heavy atom. The van der Waals surface area contributed by atoms with Gasteiger partial charge in [-0.2, -0.15) is 5.10 Å². The van der Waals surface area contributed by atoms with Gasteiger partial charge in [-0.1, -0.05) is 35.9 Å². The van der Waals surface area contributed by atoms with Crippen molar-refractivity contribution in [3.8, 4) is 5.75 Å². The molecule has 28 heavy (non-hydrogen) atoms. The molecule has 2 aromatic carbocycles. The SMILES string of the molecule is Cc1ccccc1OCC(=O)Nc1c(C)nn(Cc2c(F)cccc2Cl)c1C. The number of hydrogen-bond donors (Lipinski definition) is 1. The normalized spacial score (nSPS) is 10.8. The molecule has 1 N–H and O–H groups in total. The highest BCUT2D eigenvalue weighted by Gasteiger charge is 2.17. The summed E-state index contributed by atoms with van der Waals surface area (Å²) in [6, 6.07) is 12.0. The topological polar surface area (TPSA) is 56.1 Å². The first-order valence-electron chi connectivity index (χ1n) is 8.82. The molecular formula is C21H21ClFN3O2. The first-order valence-corrected chi connectivity index (χ1v) is 9.19. The van der Waals surface area contributed by atoms with Gasteiger partial charge in [-0.05, 0) is 44.5 Å². The van der Waals surface area contributed by atoms with Gasteiger partial charge >= 0.3 is 0 Å². The number of para-hydroxylation sites is 1. The van der Waals surface area contributed by atoms with E-state index < -0.39 is 5.82 Å². The second kappa shape index (κ2) is 8.44. The lowest BCUT2D eigenvalue weighted by molar-refractivity contribution is -0.118. The van der Waals surface area contributed by atoms with Crippen LogP contribution in [0.15, 0.2) is 42.5 Å². The molecule has 0 saturated carbocycles. The lowest BCUT2D eigenvalue weighted by atomic mass is 10.2. The number of anilines is 1. The maximum Gasteiger partial charge on any atom is 0.262 e. The van der Waals surface area contributed by atoms with E-state index in [9.17, 15) is 9.18 Å². The third-order valence-corrected chi connectivity index (χ3v) is 4.82. The summed E-state index contributed by atoms with van der Waals surface area (Å²) in [5, 5.41) is 7.58. The van der Waals surface area contributed by atoms with Crippen LogP contribution in [0.5, 0.6) is 5.75 Å². The Balaban J connectivity index is 1.71. The van der Waals surface area contributed by atoms with Crippen molar-refractivity contribution in [2.45, 2.75) is 27.3 Å². The maximum atomic E-state index is 14.1. The summed E-state index contributed by atoms with van der Waals surface area (Å²) in [5.74, 6) is -0.0221. The van der Waals surface area contributed by atoms with E-state index in [1.807, 2.05) is 38.1 Å². The number of nitrogens with one attached hydrogen (secondary N) is 1. The van der Waals surface area contributed by atoms with Crippen molar-refractivity contribution in [2.75, 3.05) is 11.9 Å². The molecule has 0 spiro atoms. The lowest BCUT2D eigenvalue weighted by Crippen LogP contribution is -2.21. The molecule has 7 heteroatoms. The molecule has 5 nitrogen and oxygen atoms in total. The third kappa shape index (κ3) is 4.34. The number of carbonyl (C=O) groups excluding carboxylic acids is 1. The molecule has 0 aliphatic carbocycles. The minimum atomic E-state index is -0.391. The number of carbonyl (C=O) groups is 1. The highest BCUT2D eigenvalue weighted by Crippen LogP contribution is 2.24. The molecule has 1 aromatic heterocycles. The van der Waals surface area contributed by atoms with Crippen LogP contribution in [0.25, 0.3) is 0 Å². The number of amides is 1. The predicted molar refractivity (Wildman–Crippen MR) is 108 cm³/mol. The van der Waals surface area contributed by atoms with Gasteiger partial charge in [0.2, 0.25) is 0 Å². The summed E-state index contributed by atoms with van der Waals surface area (Å²) in [4.78, 5) is 12.3. The molecule has 1 amide bonds. The number of nitrogens with zero attached hydrogens (tertiary/aromatic N) is 2. The Morgan fingerprint density at radius 3 is 2.64 bits per heavy atom. The van der Waals surface area contributed by atoms with Crippen molar-refractivity contribution in [1.29, 1.82) is 0 Å². The second-order valence-corrected chi connectivity index (χ2v) is 6.91. The summed E-state index contributed by atoms with van der Waals surface area (Å²) in [7, 11) is 0. The lowest BCUT2D eigenvalue weighted by Gasteiger charge is -2.10. The molecule has 0 unspecified atom stereocenters. The van der Waals surface area contributed by atoms with Gasteiger partial charge in [0, 0.05) is 10.6 Å². The fourth-order valence-corrected chi connectivity index (χ4v) is 3.12. The zero-order chi connectivity index (χ0) is 20.3.